The molecule has 0 amide bonds. The van der Waals surface area contributed by atoms with Gasteiger partial charge in [0.25, 0.3) is 5.56 Å². The topological polar surface area (TPSA) is 85.3 Å². The van der Waals surface area contributed by atoms with E-state index in [-0.39, 0.29) is 24.0 Å². The van der Waals surface area contributed by atoms with Gasteiger partial charge in [0.1, 0.15) is 18.4 Å². The standard InChI is InChI=1S/C10H13N3O4/c1-5-4-13(10(15)12-9(5)14)8-2-6-7(16-8)3-11-17-6/h4,6-8,11H,2-3H2,1H3,(H,12,14,15). The third-order valence-corrected chi connectivity index (χ3v) is 3.16. The molecule has 2 aliphatic rings. The number of nitrogens with one attached hydrogen (secondary N) is 2. The van der Waals surface area contributed by atoms with Crippen molar-refractivity contribution in [1.29, 1.82) is 0 Å². The summed E-state index contributed by atoms with van der Waals surface area (Å²) in [7, 11) is 0. The lowest BCUT2D eigenvalue weighted by atomic mass is 10.2. The van der Waals surface area contributed by atoms with E-state index < -0.39 is 5.69 Å². The normalized spacial score (nSPS) is 31.7. The molecule has 0 spiro atoms. The fourth-order valence-corrected chi connectivity index (χ4v) is 2.22. The van der Waals surface area contributed by atoms with Crippen molar-refractivity contribution < 1.29 is 9.57 Å². The molecule has 1 aromatic heterocycles. The number of hydrogen-bond donors (Lipinski definition) is 2. The minimum Gasteiger partial charge on any atom is -0.350 e. The van der Waals surface area contributed by atoms with Crippen molar-refractivity contribution >= 4 is 0 Å². The molecule has 2 saturated heterocycles. The molecule has 0 saturated carbocycles. The number of hydrogen-bond acceptors (Lipinski definition) is 5. The Labute approximate surface area is 96.3 Å². The molecule has 92 valence electrons. The fraction of sp³-hybridized carbons (Fsp3) is 0.600. The van der Waals surface area contributed by atoms with E-state index in [0.717, 1.165) is 0 Å². The van der Waals surface area contributed by atoms with Gasteiger partial charge in [0, 0.05) is 18.2 Å². The number of rotatable bonds is 1. The molecule has 3 heterocycles. The summed E-state index contributed by atoms with van der Waals surface area (Å²) >= 11 is 0. The van der Waals surface area contributed by atoms with Gasteiger partial charge < -0.3 is 4.74 Å². The Morgan fingerprint density at radius 2 is 2.24 bits per heavy atom. The molecule has 0 aliphatic carbocycles. The highest BCUT2D eigenvalue weighted by Gasteiger charge is 2.41. The van der Waals surface area contributed by atoms with Gasteiger partial charge in [0.05, 0.1) is 6.54 Å². The molecular weight excluding hydrogens is 226 g/mol. The monoisotopic (exact) mass is 239 g/mol. The number of aryl methyl sites for hydroxylation is 1. The molecule has 2 fully saturated rings. The second-order valence-corrected chi connectivity index (χ2v) is 4.35. The van der Waals surface area contributed by atoms with Crippen LogP contribution in [0.1, 0.15) is 18.2 Å². The Kier molecular flexibility index (Phi) is 2.39. The SMILES string of the molecule is Cc1cn(C2CC3ONCC3O2)c(=O)[nH]c1=O. The van der Waals surface area contributed by atoms with Crippen LogP contribution in [0.25, 0.3) is 0 Å². The molecule has 1 aromatic rings. The van der Waals surface area contributed by atoms with Crippen molar-refractivity contribution in [3.63, 3.8) is 0 Å². The number of H-pyrrole nitrogens is 1. The van der Waals surface area contributed by atoms with E-state index in [1.807, 2.05) is 0 Å². The van der Waals surface area contributed by atoms with E-state index in [0.29, 0.717) is 18.5 Å². The molecule has 7 heteroatoms. The number of aromatic amines is 1. The zero-order chi connectivity index (χ0) is 12.0. The summed E-state index contributed by atoms with van der Waals surface area (Å²) in [5, 5.41) is 0. The van der Waals surface area contributed by atoms with Gasteiger partial charge in [0.15, 0.2) is 0 Å². The lowest BCUT2D eigenvalue weighted by molar-refractivity contribution is 0.00393. The van der Waals surface area contributed by atoms with Crippen LogP contribution in [0.4, 0.5) is 0 Å². The van der Waals surface area contributed by atoms with E-state index in [2.05, 4.69) is 10.5 Å². The minimum atomic E-state index is -0.446. The molecule has 7 nitrogen and oxygen atoms in total. The molecule has 2 N–H and O–H groups in total. The Morgan fingerprint density at radius 1 is 1.41 bits per heavy atom. The Morgan fingerprint density at radius 3 is 3.00 bits per heavy atom. The third-order valence-electron chi connectivity index (χ3n) is 3.16. The molecule has 2 aliphatic heterocycles. The van der Waals surface area contributed by atoms with Gasteiger partial charge in [-0.15, -0.1) is 0 Å². The van der Waals surface area contributed by atoms with Gasteiger partial charge >= 0.3 is 5.69 Å². The van der Waals surface area contributed by atoms with E-state index in [1.54, 1.807) is 6.92 Å². The number of aromatic nitrogens is 2. The number of ether oxygens (including phenoxy) is 1. The van der Waals surface area contributed by atoms with Gasteiger partial charge in [-0.2, -0.15) is 5.48 Å². The minimum absolute atomic E-state index is 0.0286. The summed E-state index contributed by atoms with van der Waals surface area (Å²) in [6.45, 7) is 2.28. The first-order valence-electron chi connectivity index (χ1n) is 5.51. The van der Waals surface area contributed by atoms with Crippen LogP contribution >= 0.6 is 0 Å². The average Bonchev–Trinajstić information content (AvgIpc) is 2.83. The van der Waals surface area contributed by atoms with Crippen molar-refractivity contribution in [2.24, 2.45) is 0 Å². The zero-order valence-corrected chi connectivity index (χ0v) is 9.30. The quantitative estimate of drug-likeness (QED) is 0.659. The molecule has 3 atom stereocenters. The van der Waals surface area contributed by atoms with Crippen molar-refractivity contribution in [3.05, 3.63) is 32.6 Å². The van der Waals surface area contributed by atoms with Crippen LogP contribution in [0, 0.1) is 6.92 Å². The van der Waals surface area contributed by atoms with Gasteiger partial charge in [0.2, 0.25) is 0 Å². The first kappa shape index (κ1) is 10.7. The van der Waals surface area contributed by atoms with Crippen LogP contribution in [-0.4, -0.2) is 28.3 Å². The maximum atomic E-state index is 11.7. The highest BCUT2D eigenvalue weighted by Crippen LogP contribution is 2.31. The molecule has 0 bridgehead atoms. The lowest BCUT2D eigenvalue weighted by Gasteiger charge is -2.14. The molecule has 17 heavy (non-hydrogen) atoms. The maximum Gasteiger partial charge on any atom is 0.330 e. The molecule has 0 aromatic carbocycles. The predicted molar refractivity (Wildman–Crippen MR) is 57.5 cm³/mol. The van der Waals surface area contributed by atoms with Crippen LogP contribution in [0.5, 0.6) is 0 Å². The van der Waals surface area contributed by atoms with Crippen LogP contribution in [0.3, 0.4) is 0 Å². The number of nitrogens with zero attached hydrogens (tertiary/aromatic N) is 1. The summed E-state index contributed by atoms with van der Waals surface area (Å²) < 4.78 is 7.12. The molecular formula is C10H13N3O4. The first-order valence-corrected chi connectivity index (χ1v) is 5.51. The van der Waals surface area contributed by atoms with Crippen LogP contribution < -0.4 is 16.7 Å². The average molecular weight is 239 g/mol. The van der Waals surface area contributed by atoms with Crippen molar-refractivity contribution in [3.8, 4) is 0 Å². The summed E-state index contributed by atoms with van der Waals surface area (Å²) in [4.78, 5) is 30.5. The van der Waals surface area contributed by atoms with Crippen molar-refractivity contribution in [2.45, 2.75) is 31.8 Å². The smallest absolute Gasteiger partial charge is 0.330 e. The van der Waals surface area contributed by atoms with Gasteiger partial charge in [-0.3, -0.25) is 19.2 Å². The summed E-state index contributed by atoms with van der Waals surface area (Å²) in [6, 6.07) is 0. The maximum absolute atomic E-state index is 11.7. The van der Waals surface area contributed by atoms with Gasteiger partial charge in [-0.25, -0.2) is 4.79 Å². The van der Waals surface area contributed by atoms with Crippen molar-refractivity contribution in [2.75, 3.05) is 6.54 Å². The van der Waals surface area contributed by atoms with E-state index in [4.69, 9.17) is 9.57 Å². The largest absolute Gasteiger partial charge is 0.350 e. The molecule has 3 unspecified atom stereocenters. The summed E-state index contributed by atoms with van der Waals surface area (Å²) in [5.41, 5.74) is 2.45. The highest BCUT2D eigenvalue weighted by atomic mass is 16.7. The van der Waals surface area contributed by atoms with Crippen molar-refractivity contribution in [1.82, 2.24) is 15.0 Å². The Hall–Kier alpha value is -1.44. The van der Waals surface area contributed by atoms with E-state index in [9.17, 15) is 9.59 Å². The molecule has 3 rings (SSSR count). The van der Waals surface area contributed by atoms with Gasteiger partial charge in [-0.05, 0) is 6.92 Å². The predicted octanol–water partition coefficient (Wildman–Crippen LogP) is -0.964. The first-order chi connectivity index (χ1) is 8.15. The Bertz CT molecular complexity index is 537. The fourth-order valence-electron chi connectivity index (χ4n) is 2.22. The number of hydroxylamine groups is 1. The second-order valence-electron chi connectivity index (χ2n) is 4.35. The van der Waals surface area contributed by atoms with Crippen LogP contribution in [-0.2, 0) is 9.57 Å². The molecule has 0 radical (unpaired) electrons. The third kappa shape index (κ3) is 1.72. The zero-order valence-electron chi connectivity index (χ0n) is 9.30. The summed E-state index contributed by atoms with van der Waals surface area (Å²) in [6.07, 6.45) is 1.71. The highest BCUT2D eigenvalue weighted by molar-refractivity contribution is 5.02. The number of fused-ring (bicyclic) bond motifs is 1. The Balaban J connectivity index is 1.93. The van der Waals surface area contributed by atoms with Crippen LogP contribution in [0.2, 0.25) is 0 Å². The van der Waals surface area contributed by atoms with Crippen LogP contribution in [0.15, 0.2) is 15.8 Å². The summed E-state index contributed by atoms with van der Waals surface area (Å²) in [5.74, 6) is 0. The van der Waals surface area contributed by atoms with Gasteiger partial charge in [-0.1, -0.05) is 0 Å². The van der Waals surface area contributed by atoms with E-state index >= 15 is 0 Å². The van der Waals surface area contributed by atoms with E-state index in [1.165, 1.54) is 10.8 Å². The second kappa shape index (κ2) is 3.80. The lowest BCUT2D eigenvalue weighted by Crippen LogP contribution is -2.33.